The van der Waals surface area contributed by atoms with Gasteiger partial charge in [-0.15, -0.1) is 10.2 Å². The zero-order valence-electron chi connectivity index (χ0n) is 7.39. The fraction of sp³-hybridized carbons (Fsp3) is 0. The molecule has 6 nitrogen and oxygen atoms in total. The molecular formula is C4H6N6S4Zn. The van der Waals surface area contributed by atoms with Gasteiger partial charge in [-0.1, -0.05) is 22.7 Å². The third-order valence-electron chi connectivity index (χ3n) is 0.909. The van der Waals surface area contributed by atoms with Gasteiger partial charge in [0.1, 0.15) is 0 Å². The van der Waals surface area contributed by atoms with E-state index in [0.29, 0.717) is 18.2 Å². The van der Waals surface area contributed by atoms with Crippen LogP contribution in [0.4, 0.5) is 10.3 Å². The molecule has 11 heteroatoms. The molecule has 0 atom stereocenters. The second-order valence-corrected chi connectivity index (χ2v) is 5.30. The minimum Gasteiger partial charge on any atom is -0.374 e. The molecule has 0 fully saturated rings. The quantitative estimate of drug-likeness (QED) is 0.431. The van der Waals surface area contributed by atoms with Crippen LogP contribution in [0.3, 0.4) is 0 Å². The molecule has 78 valence electrons. The second kappa shape index (κ2) is 7.12. The molecule has 0 aliphatic heterocycles. The maximum atomic E-state index is 5.19. The first-order valence-corrected chi connectivity index (χ1v) is 5.65. The molecule has 0 unspecified atom stereocenters. The molecule has 15 heavy (non-hydrogen) atoms. The van der Waals surface area contributed by atoms with Gasteiger partial charge in [-0.25, -0.2) is 0 Å². The van der Waals surface area contributed by atoms with Gasteiger partial charge in [-0.05, 0) is 24.4 Å². The van der Waals surface area contributed by atoms with Gasteiger partial charge in [-0.3, -0.25) is 10.2 Å². The molecule has 0 radical (unpaired) electrons. The zero-order chi connectivity index (χ0) is 10.6. The standard InChI is InChI=1S/2C2H3N3S2.Zn/c2*3-1-4-5-2(6)7-1;/h2*(H2,3,4)(H,5,6);. The summed E-state index contributed by atoms with van der Waals surface area (Å²) in [5.74, 6) is 0. The Balaban J connectivity index is 0.000000245. The predicted molar refractivity (Wildman–Crippen MR) is 63.4 cm³/mol. The van der Waals surface area contributed by atoms with Crippen LogP contribution in [0.5, 0.6) is 0 Å². The van der Waals surface area contributed by atoms with Crippen LogP contribution in [0.25, 0.3) is 0 Å². The van der Waals surface area contributed by atoms with Crippen molar-refractivity contribution in [1.82, 2.24) is 20.4 Å². The van der Waals surface area contributed by atoms with Crippen molar-refractivity contribution < 1.29 is 19.5 Å². The third kappa shape index (κ3) is 6.05. The Kier molecular flexibility index (Phi) is 7.02. The van der Waals surface area contributed by atoms with E-state index in [4.69, 9.17) is 11.5 Å². The van der Waals surface area contributed by atoms with E-state index in [1.54, 1.807) is 0 Å². The molecule has 2 aromatic rings. The SMILES string of the molecule is Nc1n[nH]c(=S)s1.Nc1n[nH]c(=S)s1.[Zn]. The number of rotatable bonds is 0. The smallest absolute Gasteiger partial charge is 0.201 e. The number of hydrogen-bond acceptors (Lipinski definition) is 8. The first-order valence-electron chi connectivity index (χ1n) is 3.20. The third-order valence-corrected chi connectivity index (χ3v) is 2.75. The van der Waals surface area contributed by atoms with E-state index in [9.17, 15) is 0 Å². The molecule has 2 aromatic heterocycles. The average molecular weight is 332 g/mol. The van der Waals surface area contributed by atoms with Crippen molar-refractivity contribution in [2.75, 3.05) is 11.5 Å². The van der Waals surface area contributed by atoms with Crippen LogP contribution < -0.4 is 11.5 Å². The number of anilines is 2. The number of aromatic amines is 2. The fourth-order valence-electron chi connectivity index (χ4n) is 0.483. The van der Waals surface area contributed by atoms with Gasteiger partial charge in [0.05, 0.1) is 0 Å². The van der Waals surface area contributed by atoms with Gasteiger partial charge < -0.3 is 11.5 Å². The van der Waals surface area contributed by atoms with Crippen LogP contribution in [0, 0.1) is 7.91 Å². The van der Waals surface area contributed by atoms with Gasteiger partial charge in [0.25, 0.3) is 0 Å². The summed E-state index contributed by atoms with van der Waals surface area (Å²) < 4.78 is 1.25. The number of aromatic nitrogens is 4. The Bertz CT molecular complexity index is 449. The largest absolute Gasteiger partial charge is 0.374 e. The first kappa shape index (κ1) is 14.8. The summed E-state index contributed by atoms with van der Waals surface area (Å²) in [5.41, 5.74) is 10.4. The summed E-state index contributed by atoms with van der Waals surface area (Å²) in [7, 11) is 0. The summed E-state index contributed by atoms with van der Waals surface area (Å²) in [4.78, 5) is 0. The molecule has 0 saturated heterocycles. The zero-order valence-corrected chi connectivity index (χ0v) is 13.6. The molecular weight excluding hydrogens is 326 g/mol. The fourth-order valence-corrected chi connectivity index (χ4v) is 1.83. The van der Waals surface area contributed by atoms with Gasteiger partial charge in [-0.2, -0.15) is 0 Å². The molecule has 2 rings (SSSR count). The molecule has 0 spiro atoms. The molecule has 2 heterocycles. The number of hydrogen-bond donors (Lipinski definition) is 4. The minimum atomic E-state index is 0. The van der Waals surface area contributed by atoms with E-state index in [1.807, 2.05) is 0 Å². The Hall–Kier alpha value is -0.217. The molecule has 6 N–H and O–H groups in total. The molecule has 0 aliphatic rings. The molecule has 0 aliphatic carbocycles. The van der Waals surface area contributed by atoms with Crippen molar-refractivity contribution >= 4 is 57.4 Å². The first-order chi connectivity index (χ1) is 6.58. The average Bonchev–Trinajstić information content (AvgIpc) is 2.63. The summed E-state index contributed by atoms with van der Waals surface area (Å²) in [5, 5.41) is 13.2. The molecule has 0 saturated carbocycles. The van der Waals surface area contributed by atoms with Crippen molar-refractivity contribution in [3.8, 4) is 0 Å². The van der Waals surface area contributed by atoms with Crippen LogP contribution in [-0.2, 0) is 19.5 Å². The minimum absolute atomic E-state index is 0. The summed E-state index contributed by atoms with van der Waals surface area (Å²) in [6, 6.07) is 0. The van der Waals surface area contributed by atoms with Gasteiger partial charge in [0.2, 0.25) is 10.3 Å². The van der Waals surface area contributed by atoms with Crippen molar-refractivity contribution in [3.05, 3.63) is 7.91 Å². The van der Waals surface area contributed by atoms with Crippen LogP contribution >= 0.6 is 47.1 Å². The van der Waals surface area contributed by atoms with Gasteiger partial charge >= 0.3 is 0 Å². The van der Waals surface area contributed by atoms with Crippen LogP contribution in [0.2, 0.25) is 0 Å². The van der Waals surface area contributed by atoms with E-state index in [1.165, 1.54) is 22.7 Å². The molecule has 0 bridgehead atoms. The Morgan fingerprint density at radius 1 is 0.933 bits per heavy atom. The normalized spacial score (nSPS) is 8.53. The maximum Gasteiger partial charge on any atom is 0.201 e. The maximum absolute atomic E-state index is 5.19. The molecule has 0 amide bonds. The summed E-state index contributed by atoms with van der Waals surface area (Å²) in [6.45, 7) is 0. The van der Waals surface area contributed by atoms with Crippen molar-refractivity contribution in [3.63, 3.8) is 0 Å². The number of nitrogens with zero attached hydrogens (tertiary/aromatic N) is 2. The summed E-state index contributed by atoms with van der Waals surface area (Å²) >= 11 is 11.8. The van der Waals surface area contributed by atoms with Gasteiger partial charge in [0, 0.05) is 19.5 Å². The van der Waals surface area contributed by atoms with E-state index < -0.39 is 0 Å². The topological polar surface area (TPSA) is 109 Å². The monoisotopic (exact) mass is 330 g/mol. The van der Waals surface area contributed by atoms with E-state index in [2.05, 4.69) is 44.8 Å². The van der Waals surface area contributed by atoms with E-state index in [0.717, 1.165) is 0 Å². The predicted octanol–water partition coefficient (Wildman–Crippen LogP) is 1.56. The van der Waals surface area contributed by atoms with Crippen molar-refractivity contribution in [2.24, 2.45) is 0 Å². The Labute approximate surface area is 116 Å². The summed E-state index contributed by atoms with van der Waals surface area (Å²) in [6.07, 6.45) is 0. The van der Waals surface area contributed by atoms with Crippen LogP contribution in [-0.4, -0.2) is 20.4 Å². The van der Waals surface area contributed by atoms with Gasteiger partial charge in [0.15, 0.2) is 7.91 Å². The van der Waals surface area contributed by atoms with Crippen molar-refractivity contribution in [2.45, 2.75) is 0 Å². The van der Waals surface area contributed by atoms with Crippen molar-refractivity contribution in [1.29, 1.82) is 0 Å². The van der Waals surface area contributed by atoms with Crippen LogP contribution in [0.1, 0.15) is 0 Å². The number of nitrogen functional groups attached to an aromatic ring is 2. The Morgan fingerprint density at radius 2 is 1.27 bits per heavy atom. The number of nitrogens with two attached hydrogens (primary N) is 2. The van der Waals surface area contributed by atoms with E-state index in [-0.39, 0.29) is 19.5 Å². The number of H-pyrrole nitrogens is 2. The Morgan fingerprint density at radius 3 is 1.33 bits per heavy atom. The van der Waals surface area contributed by atoms with E-state index >= 15 is 0 Å². The number of nitrogens with one attached hydrogen (secondary N) is 2. The van der Waals surface area contributed by atoms with Crippen LogP contribution in [0.15, 0.2) is 0 Å². The second-order valence-electron chi connectivity index (χ2n) is 1.90. The molecule has 0 aromatic carbocycles.